The molecule has 0 radical (unpaired) electrons. The summed E-state index contributed by atoms with van der Waals surface area (Å²) < 4.78 is 69.2. The van der Waals surface area contributed by atoms with E-state index in [0.29, 0.717) is 13.1 Å². The minimum absolute atomic E-state index is 0.0296. The highest BCUT2D eigenvalue weighted by atomic mass is 32.2. The number of sulfone groups is 1. The maximum absolute atomic E-state index is 13.1. The monoisotopic (exact) mass is 498 g/mol. The number of nitrogens with zero attached hydrogens (tertiary/aromatic N) is 2. The Morgan fingerprint density at radius 2 is 1.79 bits per heavy atom. The van der Waals surface area contributed by atoms with Crippen molar-refractivity contribution in [2.75, 3.05) is 19.6 Å². The molecular formula is C23H25F3N2O5S. The van der Waals surface area contributed by atoms with Crippen LogP contribution in [-0.4, -0.2) is 66.1 Å². The number of carbonyl (C=O) groups excluding carboxylic acids is 1. The van der Waals surface area contributed by atoms with Crippen molar-refractivity contribution in [3.8, 4) is 5.75 Å². The lowest BCUT2D eigenvalue weighted by atomic mass is 9.85. The minimum Gasteiger partial charge on any atom is -0.485 e. The first kappa shape index (κ1) is 24.5. The molecule has 2 heterocycles. The molecule has 7 nitrogen and oxygen atoms in total. The Hall–Kier alpha value is -2.63. The predicted octanol–water partition coefficient (Wildman–Crippen LogP) is 2.90. The lowest BCUT2D eigenvalue weighted by molar-refractivity contribution is -0.150. The number of hydrogen-bond donors (Lipinski definition) is 1. The van der Waals surface area contributed by atoms with Crippen LogP contribution in [0.15, 0.2) is 53.4 Å². The van der Waals surface area contributed by atoms with Crippen molar-refractivity contribution in [2.45, 2.75) is 48.5 Å². The summed E-state index contributed by atoms with van der Waals surface area (Å²) >= 11 is 0. The van der Waals surface area contributed by atoms with Gasteiger partial charge in [-0.05, 0) is 37.6 Å². The zero-order chi connectivity index (χ0) is 24.9. The molecule has 2 aromatic rings. The maximum Gasteiger partial charge on any atom is 0.501 e. The summed E-state index contributed by atoms with van der Waals surface area (Å²) in [6.07, 6.45) is -1.30. The van der Waals surface area contributed by atoms with E-state index >= 15 is 0 Å². The molecule has 2 aliphatic rings. The summed E-state index contributed by atoms with van der Waals surface area (Å²) in [4.78, 5) is 15.5. The van der Waals surface area contributed by atoms with Gasteiger partial charge in [0.15, 0.2) is 0 Å². The van der Waals surface area contributed by atoms with Crippen LogP contribution in [0.3, 0.4) is 0 Å². The van der Waals surface area contributed by atoms with Gasteiger partial charge in [-0.3, -0.25) is 9.69 Å². The number of hydrogen-bond acceptors (Lipinski definition) is 6. The molecule has 1 amide bonds. The molecule has 2 aromatic carbocycles. The second kappa shape index (κ2) is 8.54. The second-order valence-electron chi connectivity index (χ2n) is 9.03. The van der Waals surface area contributed by atoms with Gasteiger partial charge in [-0.25, -0.2) is 8.42 Å². The molecule has 0 unspecified atom stereocenters. The number of benzene rings is 2. The molecule has 0 spiro atoms. The van der Waals surface area contributed by atoms with Gasteiger partial charge in [0.05, 0.1) is 17.5 Å². The van der Waals surface area contributed by atoms with Crippen molar-refractivity contribution < 1.29 is 36.2 Å². The molecule has 0 bridgehead atoms. The standard InChI is InChI=1S/C23H25F3N2O5S/c1-22(2)21(30)20(17-12-16(8-9-18(17)33-22)34(31,32)23(24,25)26)28-11-10-27(14-19(28)29)13-15-6-4-3-5-7-15/h3-9,12,20-21,30H,10-11,13-14H2,1-2H3/t20-,21+/m1/s1. The number of amides is 1. The second-order valence-corrected chi connectivity index (χ2v) is 11.0. The highest BCUT2D eigenvalue weighted by Gasteiger charge is 2.50. The van der Waals surface area contributed by atoms with E-state index in [0.717, 1.165) is 23.8 Å². The first-order valence-corrected chi connectivity index (χ1v) is 12.2. The van der Waals surface area contributed by atoms with Crippen LogP contribution in [0.5, 0.6) is 5.75 Å². The lowest BCUT2D eigenvalue weighted by Crippen LogP contribution is -2.59. The Bertz CT molecular complexity index is 1180. The Balaban J connectivity index is 1.66. The van der Waals surface area contributed by atoms with E-state index in [9.17, 15) is 31.5 Å². The average Bonchev–Trinajstić information content (AvgIpc) is 2.75. The number of ether oxygens (including phenoxy) is 1. The van der Waals surface area contributed by atoms with Crippen LogP contribution >= 0.6 is 0 Å². The molecule has 184 valence electrons. The van der Waals surface area contributed by atoms with E-state index < -0.39 is 38.0 Å². The van der Waals surface area contributed by atoms with Gasteiger partial charge in [-0.15, -0.1) is 0 Å². The van der Waals surface area contributed by atoms with E-state index in [1.807, 2.05) is 35.2 Å². The molecule has 11 heteroatoms. The fraction of sp³-hybridized carbons (Fsp3) is 0.435. The van der Waals surface area contributed by atoms with Crippen molar-refractivity contribution in [3.05, 3.63) is 59.7 Å². The zero-order valence-corrected chi connectivity index (χ0v) is 19.4. The third-order valence-electron chi connectivity index (χ3n) is 6.22. The Morgan fingerprint density at radius 3 is 2.41 bits per heavy atom. The third kappa shape index (κ3) is 4.39. The fourth-order valence-corrected chi connectivity index (χ4v) is 5.19. The number of rotatable bonds is 4. The number of fused-ring (bicyclic) bond motifs is 1. The van der Waals surface area contributed by atoms with Crippen molar-refractivity contribution >= 4 is 15.7 Å². The molecule has 1 fully saturated rings. The van der Waals surface area contributed by atoms with E-state index in [1.165, 1.54) is 4.90 Å². The third-order valence-corrected chi connectivity index (χ3v) is 7.70. The molecule has 34 heavy (non-hydrogen) atoms. The normalized spacial score (nSPS) is 23.4. The van der Waals surface area contributed by atoms with E-state index in [1.54, 1.807) is 13.8 Å². The highest BCUT2D eigenvalue weighted by Crippen LogP contribution is 2.45. The summed E-state index contributed by atoms with van der Waals surface area (Å²) in [6, 6.07) is 11.3. The number of carbonyl (C=O) groups is 1. The minimum atomic E-state index is -5.62. The predicted molar refractivity (Wildman–Crippen MR) is 117 cm³/mol. The SMILES string of the molecule is CC1(C)Oc2ccc(S(=O)(=O)C(F)(F)F)cc2[C@@H](N2CCN(Cc3ccccc3)CC2=O)[C@@H]1O. The topological polar surface area (TPSA) is 87.2 Å². The van der Waals surface area contributed by atoms with Gasteiger partial charge in [-0.1, -0.05) is 30.3 Å². The summed E-state index contributed by atoms with van der Waals surface area (Å²) in [5.74, 6) is -0.195. The molecule has 1 N–H and O–H groups in total. The quantitative estimate of drug-likeness (QED) is 0.698. The van der Waals surface area contributed by atoms with Gasteiger partial charge >= 0.3 is 5.51 Å². The molecule has 0 saturated carbocycles. The van der Waals surface area contributed by atoms with E-state index in [4.69, 9.17) is 4.74 Å². The van der Waals surface area contributed by atoms with Crippen LogP contribution in [0.25, 0.3) is 0 Å². The molecule has 2 atom stereocenters. The Morgan fingerprint density at radius 1 is 1.12 bits per heavy atom. The summed E-state index contributed by atoms with van der Waals surface area (Å²) in [7, 11) is -5.62. The first-order valence-electron chi connectivity index (χ1n) is 10.7. The maximum atomic E-state index is 13.1. The van der Waals surface area contributed by atoms with Crippen molar-refractivity contribution in [2.24, 2.45) is 0 Å². The van der Waals surface area contributed by atoms with Gasteiger partial charge in [0, 0.05) is 25.2 Å². The van der Waals surface area contributed by atoms with Crippen molar-refractivity contribution in [1.29, 1.82) is 0 Å². The van der Waals surface area contributed by atoms with Crippen LogP contribution in [-0.2, 0) is 21.2 Å². The van der Waals surface area contributed by atoms with Crippen LogP contribution in [0.4, 0.5) is 13.2 Å². The average molecular weight is 499 g/mol. The smallest absolute Gasteiger partial charge is 0.485 e. The largest absolute Gasteiger partial charge is 0.501 e. The van der Waals surface area contributed by atoms with Crippen LogP contribution in [0.2, 0.25) is 0 Å². The molecule has 4 rings (SSSR count). The Kier molecular flexibility index (Phi) is 6.16. The molecule has 0 aliphatic carbocycles. The lowest BCUT2D eigenvalue weighted by Gasteiger charge is -2.48. The summed E-state index contributed by atoms with van der Waals surface area (Å²) in [6.45, 7) is 4.48. The summed E-state index contributed by atoms with van der Waals surface area (Å²) in [5.41, 5.74) is -5.59. The number of aliphatic hydroxyl groups is 1. The molecule has 1 saturated heterocycles. The van der Waals surface area contributed by atoms with E-state index in [2.05, 4.69) is 0 Å². The Labute approximate surface area is 195 Å². The van der Waals surface area contributed by atoms with Gasteiger partial charge in [-0.2, -0.15) is 13.2 Å². The van der Waals surface area contributed by atoms with Crippen LogP contribution < -0.4 is 4.74 Å². The molecule has 0 aromatic heterocycles. The fourth-order valence-electron chi connectivity index (χ4n) is 4.39. The van der Waals surface area contributed by atoms with Crippen molar-refractivity contribution in [3.63, 3.8) is 0 Å². The number of alkyl halides is 3. The van der Waals surface area contributed by atoms with Gasteiger partial charge in [0.25, 0.3) is 9.84 Å². The zero-order valence-electron chi connectivity index (χ0n) is 18.6. The van der Waals surface area contributed by atoms with E-state index in [-0.39, 0.29) is 30.3 Å². The van der Waals surface area contributed by atoms with Gasteiger partial charge < -0.3 is 14.7 Å². The number of halogens is 3. The van der Waals surface area contributed by atoms with Gasteiger partial charge in [0.1, 0.15) is 17.5 Å². The highest BCUT2D eigenvalue weighted by molar-refractivity contribution is 7.92. The number of piperazine rings is 1. The van der Waals surface area contributed by atoms with Crippen molar-refractivity contribution in [1.82, 2.24) is 9.80 Å². The van der Waals surface area contributed by atoms with Crippen LogP contribution in [0.1, 0.15) is 31.0 Å². The summed E-state index contributed by atoms with van der Waals surface area (Å²) in [5, 5.41) is 11.1. The molecule has 2 aliphatic heterocycles. The molecular weight excluding hydrogens is 473 g/mol. The number of aliphatic hydroxyl groups excluding tert-OH is 1. The van der Waals surface area contributed by atoms with Crippen LogP contribution in [0, 0.1) is 0 Å². The first-order chi connectivity index (χ1) is 15.8. The van der Waals surface area contributed by atoms with Gasteiger partial charge in [0.2, 0.25) is 5.91 Å².